The normalized spacial score (nSPS) is 13.8. The summed E-state index contributed by atoms with van der Waals surface area (Å²) in [5.74, 6) is -0.818. The van der Waals surface area contributed by atoms with Crippen LogP contribution in [0.25, 0.3) is 11.5 Å². The highest BCUT2D eigenvalue weighted by molar-refractivity contribution is 5.94. The predicted molar refractivity (Wildman–Crippen MR) is 153 cm³/mol. The number of ether oxygens (including phenoxy) is 4. The van der Waals surface area contributed by atoms with Gasteiger partial charge in [0, 0.05) is 11.6 Å². The molecule has 2 aromatic carbocycles. The lowest BCUT2D eigenvalue weighted by molar-refractivity contribution is -0.0515. The van der Waals surface area contributed by atoms with Crippen LogP contribution in [0.15, 0.2) is 40.8 Å². The van der Waals surface area contributed by atoms with Crippen LogP contribution in [0.3, 0.4) is 0 Å². The summed E-state index contributed by atoms with van der Waals surface area (Å²) in [5, 5.41) is 2.62. The van der Waals surface area contributed by atoms with E-state index in [1.165, 1.54) is 30.3 Å². The minimum absolute atomic E-state index is 0.0309. The number of hydrogen-bond acceptors (Lipinski definition) is 8. The van der Waals surface area contributed by atoms with Gasteiger partial charge in [0.15, 0.2) is 23.4 Å². The highest BCUT2D eigenvalue weighted by Crippen LogP contribution is 2.39. The van der Waals surface area contributed by atoms with Crippen LogP contribution >= 0.6 is 0 Å². The Bertz CT molecular complexity index is 1470. The van der Waals surface area contributed by atoms with Gasteiger partial charge in [-0.05, 0) is 67.9 Å². The Balaban J connectivity index is 1.68. The van der Waals surface area contributed by atoms with E-state index >= 15 is 0 Å². The maximum absolute atomic E-state index is 14.7. The van der Waals surface area contributed by atoms with Gasteiger partial charge in [0.25, 0.3) is 5.91 Å². The number of nitrogens with one attached hydrogen (secondary N) is 1. The van der Waals surface area contributed by atoms with E-state index in [9.17, 15) is 22.8 Å². The fourth-order valence-electron chi connectivity index (χ4n) is 4.38. The molecule has 1 aromatic heterocycles. The molecule has 1 atom stereocenters. The summed E-state index contributed by atoms with van der Waals surface area (Å²) in [6, 6.07) is 8.13. The molecule has 0 aliphatic heterocycles. The lowest BCUT2D eigenvalue weighted by atomic mass is 9.88. The fraction of sp³-hybridized carbons (Fsp3) is 0.452. The molecule has 2 amide bonds. The molecule has 1 aliphatic carbocycles. The third-order valence-electron chi connectivity index (χ3n) is 6.57. The number of nitrogens with two attached hydrogens (primary N) is 1. The average Bonchev–Trinajstić information content (AvgIpc) is 3.66. The van der Waals surface area contributed by atoms with Crippen LogP contribution in [0.5, 0.6) is 17.2 Å². The molecule has 0 spiro atoms. The van der Waals surface area contributed by atoms with E-state index in [-0.39, 0.29) is 58.5 Å². The van der Waals surface area contributed by atoms with Gasteiger partial charge < -0.3 is 34.4 Å². The van der Waals surface area contributed by atoms with Gasteiger partial charge in [0.05, 0.1) is 25.3 Å². The van der Waals surface area contributed by atoms with Crippen LogP contribution in [0, 0.1) is 17.2 Å². The number of primary amides is 1. The second-order valence-electron chi connectivity index (χ2n) is 11.6. The quantitative estimate of drug-likeness (QED) is 0.202. The van der Waals surface area contributed by atoms with Crippen LogP contribution in [0.4, 0.5) is 18.0 Å². The molecule has 1 saturated carbocycles. The molecule has 10 nitrogen and oxygen atoms in total. The maximum atomic E-state index is 14.7. The number of rotatable bonds is 14. The summed E-state index contributed by atoms with van der Waals surface area (Å²) in [7, 11) is 0. The number of alkyl halides is 2. The Labute approximate surface area is 253 Å². The highest BCUT2D eigenvalue weighted by Gasteiger charge is 2.31. The molecular weight excluding hydrogens is 583 g/mol. The summed E-state index contributed by atoms with van der Waals surface area (Å²) >= 11 is 0. The minimum Gasteiger partial charge on any atom is -0.494 e. The van der Waals surface area contributed by atoms with Crippen molar-refractivity contribution in [3.63, 3.8) is 0 Å². The first-order valence-corrected chi connectivity index (χ1v) is 14.2. The second-order valence-corrected chi connectivity index (χ2v) is 11.6. The summed E-state index contributed by atoms with van der Waals surface area (Å²) < 4.78 is 67.9. The Hall–Kier alpha value is -4.42. The fourth-order valence-corrected chi connectivity index (χ4v) is 4.38. The molecule has 0 saturated heterocycles. The Kier molecular flexibility index (Phi) is 10.3. The standard InChI is InChI=1S/C31H36F3N3O7/c1-5-40-19-9-10-20(21(32)13-19)27(38)36-15-22-26(25(43-30(35)39)14-31(2,3)4)44-28(37-22)18-8-11-23(42-29(33)34)24(12-18)41-16-17-6-7-17/h8-13,17,25,29H,5-7,14-16H2,1-4H3,(H2,35,39)(H,36,38). The average molecular weight is 620 g/mol. The molecular formula is C31H36F3N3O7. The smallest absolute Gasteiger partial charge is 0.405 e. The summed E-state index contributed by atoms with van der Waals surface area (Å²) in [5.41, 5.74) is 5.32. The number of aromatic nitrogens is 1. The van der Waals surface area contributed by atoms with E-state index in [1.54, 1.807) is 6.92 Å². The number of halogens is 3. The van der Waals surface area contributed by atoms with E-state index in [0.717, 1.165) is 18.9 Å². The number of oxazole rings is 1. The largest absolute Gasteiger partial charge is 0.494 e. The van der Waals surface area contributed by atoms with Crippen molar-refractivity contribution in [3.05, 3.63) is 59.2 Å². The van der Waals surface area contributed by atoms with Gasteiger partial charge in [-0.3, -0.25) is 4.79 Å². The van der Waals surface area contributed by atoms with E-state index < -0.39 is 30.5 Å². The number of carbonyl (C=O) groups excluding carboxylic acids is 2. The van der Waals surface area contributed by atoms with Crippen LogP contribution in [0.1, 0.15) is 74.9 Å². The van der Waals surface area contributed by atoms with Crippen molar-refractivity contribution in [1.29, 1.82) is 0 Å². The maximum Gasteiger partial charge on any atom is 0.405 e. The Morgan fingerprint density at radius 2 is 1.86 bits per heavy atom. The molecule has 0 bridgehead atoms. The van der Waals surface area contributed by atoms with Crippen LogP contribution in [-0.4, -0.2) is 36.8 Å². The van der Waals surface area contributed by atoms with Gasteiger partial charge in [0.2, 0.25) is 5.89 Å². The zero-order chi connectivity index (χ0) is 32.0. The first-order chi connectivity index (χ1) is 20.8. The molecule has 1 unspecified atom stereocenters. The monoisotopic (exact) mass is 619 g/mol. The third-order valence-corrected chi connectivity index (χ3v) is 6.57. The molecule has 44 heavy (non-hydrogen) atoms. The van der Waals surface area contributed by atoms with Crippen molar-refractivity contribution in [3.8, 4) is 28.7 Å². The van der Waals surface area contributed by atoms with E-state index in [4.69, 9.17) is 24.4 Å². The van der Waals surface area contributed by atoms with Crippen molar-refractivity contribution in [2.75, 3.05) is 13.2 Å². The predicted octanol–water partition coefficient (Wildman–Crippen LogP) is 6.77. The molecule has 1 aliphatic rings. The van der Waals surface area contributed by atoms with Gasteiger partial charge in [0.1, 0.15) is 17.3 Å². The Morgan fingerprint density at radius 1 is 1.11 bits per heavy atom. The van der Waals surface area contributed by atoms with E-state index in [2.05, 4.69) is 15.0 Å². The molecule has 3 aromatic rings. The van der Waals surface area contributed by atoms with Crippen LogP contribution < -0.4 is 25.3 Å². The molecule has 0 radical (unpaired) electrons. The zero-order valence-corrected chi connectivity index (χ0v) is 25.0. The van der Waals surface area contributed by atoms with Crippen LogP contribution in [0.2, 0.25) is 0 Å². The number of hydrogen-bond donors (Lipinski definition) is 2. The van der Waals surface area contributed by atoms with E-state index in [0.29, 0.717) is 24.7 Å². The van der Waals surface area contributed by atoms with Crippen molar-refractivity contribution in [2.24, 2.45) is 17.1 Å². The van der Waals surface area contributed by atoms with Gasteiger partial charge in [-0.25, -0.2) is 14.2 Å². The summed E-state index contributed by atoms with van der Waals surface area (Å²) in [6.45, 7) is 4.89. The Morgan fingerprint density at radius 3 is 2.48 bits per heavy atom. The van der Waals surface area contributed by atoms with Crippen molar-refractivity contribution in [1.82, 2.24) is 10.3 Å². The number of nitrogens with zero attached hydrogens (tertiary/aromatic N) is 1. The SMILES string of the molecule is CCOc1ccc(C(=O)NCc2nc(-c3ccc(OC(F)F)c(OCC4CC4)c3)oc2C(CC(C)(C)C)OC(N)=O)c(F)c1. The van der Waals surface area contributed by atoms with Gasteiger partial charge in [-0.15, -0.1) is 0 Å². The number of amides is 2. The molecule has 238 valence electrons. The van der Waals surface area contributed by atoms with Crippen molar-refractivity contribution >= 4 is 12.0 Å². The second kappa shape index (κ2) is 13.9. The zero-order valence-electron chi connectivity index (χ0n) is 25.0. The lowest BCUT2D eigenvalue weighted by Gasteiger charge is -2.24. The highest BCUT2D eigenvalue weighted by atomic mass is 19.3. The molecule has 1 heterocycles. The molecule has 3 N–H and O–H groups in total. The van der Waals surface area contributed by atoms with Crippen molar-refractivity contribution in [2.45, 2.75) is 66.2 Å². The number of benzene rings is 2. The lowest BCUT2D eigenvalue weighted by Crippen LogP contribution is -2.26. The molecule has 1 fully saturated rings. The van der Waals surface area contributed by atoms with E-state index in [1.807, 2.05) is 20.8 Å². The third kappa shape index (κ3) is 9.04. The number of carbonyl (C=O) groups is 2. The topological polar surface area (TPSA) is 135 Å². The first kappa shape index (κ1) is 32.5. The summed E-state index contributed by atoms with van der Waals surface area (Å²) in [6.07, 6.45) is 0.204. The van der Waals surface area contributed by atoms with Gasteiger partial charge in [-0.1, -0.05) is 20.8 Å². The van der Waals surface area contributed by atoms with Crippen molar-refractivity contribution < 1.29 is 46.1 Å². The van der Waals surface area contributed by atoms with Crippen LogP contribution in [-0.2, 0) is 11.3 Å². The minimum atomic E-state index is -3.06. The van der Waals surface area contributed by atoms with Gasteiger partial charge in [-0.2, -0.15) is 8.78 Å². The summed E-state index contributed by atoms with van der Waals surface area (Å²) in [4.78, 5) is 29.3. The van der Waals surface area contributed by atoms with Gasteiger partial charge >= 0.3 is 12.7 Å². The first-order valence-electron chi connectivity index (χ1n) is 14.2. The molecule has 4 rings (SSSR count). The molecule has 13 heteroatoms.